The van der Waals surface area contributed by atoms with Gasteiger partial charge in [-0.2, -0.15) is 0 Å². The van der Waals surface area contributed by atoms with E-state index >= 15 is 0 Å². The second kappa shape index (κ2) is 11.7. The van der Waals surface area contributed by atoms with Crippen LogP contribution in [0.25, 0.3) is 0 Å². The van der Waals surface area contributed by atoms with E-state index < -0.39 is 0 Å². The van der Waals surface area contributed by atoms with Gasteiger partial charge in [0.2, 0.25) is 0 Å². The van der Waals surface area contributed by atoms with Crippen molar-refractivity contribution >= 4 is 29.1 Å². The Morgan fingerprint density at radius 1 is 0.848 bits per heavy atom. The highest BCUT2D eigenvalue weighted by atomic mass is 35.5. The third-order valence-corrected chi connectivity index (χ3v) is 6.66. The lowest BCUT2D eigenvalue weighted by atomic mass is 9.96. The smallest absolute Gasteiger partial charge is 0.252 e. The Kier molecular flexibility index (Phi) is 8.40. The summed E-state index contributed by atoms with van der Waals surface area (Å²) in [6.07, 6.45) is 0.901. The molecule has 3 aromatic carbocycles. The zero-order valence-electron chi connectivity index (χ0n) is 18.6. The van der Waals surface area contributed by atoms with E-state index in [1.165, 1.54) is 11.1 Å². The molecular formula is C27H29Cl2N3O. The predicted molar refractivity (Wildman–Crippen MR) is 136 cm³/mol. The summed E-state index contributed by atoms with van der Waals surface area (Å²) in [6.45, 7) is 5.65. The fourth-order valence-corrected chi connectivity index (χ4v) is 4.90. The Labute approximate surface area is 206 Å². The van der Waals surface area contributed by atoms with Crippen molar-refractivity contribution in [1.29, 1.82) is 0 Å². The normalized spacial score (nSPS) is 15.0. The van der Waals surface area contributed by atoms with Gasteiger partial charge in [-0.05, 0) is 42.3 Å². The number of amides is 1. The van der Waals surface area contributed by atoms with Gasteiger partial charge in [0, 0.05) is 37.7 Å². The molecule has 0 bridgehead atoms. The highest BCUT2D eigenvalue weighted by Gasteiger charge is 2.26. The fraction of sp³-hybridized carbons (Fsp3) is 0.296. The quantitative estimate of drug-likeness (QED) is 0.430. The van der Waals surface area contributed by atoms with E-state index in [9.17, 15) is 4.79 Å². The van der Waals surface area contributed by atoms with E-state index in [1.807, 2.05) is 0 Å². The average Bonchev–Trinajstić information content (AvgIpc) is 2.84. The first-order valence-electron chi connectivity index (χ1n) is 11.4. The molecule has 0 spiro atoms. The van der Waals surface area contributed by atoms with E-state index in [-0.39, 0.29) is 11.9 Å². The number of halogens is 2. The molecule has 0 unspecified atom stereocenters. The van der Waals surface area contributed by atoms with Gasteiger partial charge in [-0.3, -0.25) is 9.69 Å². The standard InChI is InChI=1S/C27H29Cl2N3O/c28-23-12-13-24(25(29)20-23)27(33)30-14-7-15-31-16-18-32(19-17-31)26(21-8-3-1-4-9-21)22-10-5-2-6-11-22/h1-6,8-13,20,26H,7,14-19H2,(H,30,33). The number of nitrogens with one attached hydrogen (secondary N) is 1. The lowest BCUT2D eigenvalue weighted by Crippen LogP contribution is -2.48. The van der Waals surface area contributed by atoms with Crippen molar-refractivity contribution in [2.75, 3.05) is 39.3 Å². The summed E-state index contributed by atoms with van der Waals surface area (Å²) >= 11 is 12.0. The summed E-state index contributed by atoms with van der Waals surface area (Å²) in [4.78, 5) is 17.4. The van der Waals surface area contributed by atoms with Crippen LogP contribution in [0.5, 0.6) is 0 Å². The number of nitrogens with zero attached hydrogens (tertiary/aromatic N) is 2. The van der Waals surface area contributed by atoms with Crippen molar-refractivity contribution in [1.82, 2.24) is 15.1 Å². The number of benzene rings is 3. The highest BCUT2D eigenvalue weighted by molar-refractivity contribution is 6.36. The van der Waals surface area contributed by atoms with E-state index in [0.29, 0.717) is 22.2 Å². The van der Waals surface area contributed by atoms with Crippen molar-refractivity contribution < 1.29 is 4.79 Å². The number of hydrogen-bond donors (Lipinski definition) is 1. The zero-order chi connectivity index (χ0) is 23.0. The molecule has 3 aromatic rings. The molecule has 1 amide bonds. The molecule has 1 fully saturated rings. The summed E-state index contributed by atoms with van der Waals surface area (Å²) in [5.74, 6) is -0.157. The van der Waals surface area contributed by atoms with Crippen LogP contribution in [0.3, 0.4) is 0 Å². The lowest BCUT2D eigenvalue weighted by Gasteiger charge is -2.39. The third-order valence-electron chi connectivity index (χ3n) is 6.12. The van der Waals surface area contributed by atoms with Crippen molar-refractivity contribution in [3.63, 3.8) is 0 Å². The van der Waals surface area contributed by atoms with Gasteiger partial charge < -0.3 is 10.2 Å². The van der Waals surface area contributed by atoms with Gasteiger partial charge in [0.1, 0.15) is 0 Å². The Morgan fingerprint density at radius 3 is 2.03 bits per heavy atom. The minimum absolute atomic E-state index is 0.157. The molecule has 1 heterocycles. The van der Waals surface area contributed by atoms with Gasteiger partial charge >= 0.3 is 0 Å². The van der Waals surface area contributed by atoms with Crippen LogP contribution in [-0.2, 0) is 0 Å². The maximum Gasteiger partial charge on any atom is 0.252 e. The van der Waals surface area contributed by atoms with Gasteiger partial charge in [-0.25, -0.2) is 0 Å². The molecule has 1 N–H and O–H groups in total. The molecular weight excluding hydrogens is 453 g/mol. The molecule has 4 rings (SSSR count). The number of carbonyl (C=O) groups is 1. The fourth-order valence-electron chi connectivity index (χ4n) is 4.40. The van der Waals surface area contributed by atoms with E-state index in [2.05, 4.69) is 75.8 Å². The minimum atomic E-state index is -0.157. The minimum Gasteiger partial charge on any atom is -0.352 e. The molecule has 0 atom stereocenters. The summed E-state index contributed by atoms with van der Waals surface area (Å²) in [6, 6.07) is 26.7. The van der Waals surface area contributed by atoms with Gasteiger partial charge in [0.25, 0.3) is 5.91 Å². The highest BCUT2D eigenvalue weighted by Crippen LogP contribution is 2.29. The van der Waals surface area contributed by atoms with Crippen LogP contribution in [0, 0.1) is 0 Å². The van der Waals surface area contributed by atoms with Crippen molar-refractivity contribution in [3.8, 4) is 0 Å². The first-order valence-corrected chi connectivity index (χ1v) is 12.2. The number of hydrogen-bond acceptors (Lipinski definition) is 3. The Bertz CT molecular complexity index is 998. The molecule has 4 nitrogen and oxygen atoms in total. The van der Waals surface area contributed by atoms with Gasteiger partial charge in [0.15, 0.2) is 0 Å². The molecule has 1 aliphatic heterocycles. The van der Waals surface area contributed by atoms with Crippen LogP contribution in [0.2, 0.25) is 10.0 Å². The van der Waals surface area contributed by atoms with E-state index in [0.717, 1.165) is 39.1 Å². The first-order chi connectivity index (χ1) is 16.1. The summed E-state index contributed by atoms with van der Waals surface area (Å²) < 4.78 is 0. The average molecular weight is 482 g/mol. The van der Waals surface area contributed by atoms with E-state index in [4.69, 9.17) is 23.2 Å². The second-order valence-electron chi connectivity index (χ2n) is 8.34. The van der Waals surface area contributed by atoms with Gasteiger partial charge in [0.05, 0.1) is 16.6 Å². The predicted octanol–water partition coefficient (Wildman–Crippen LogP) is 5.52. The third kappa shape index (κ3) is 6.36. The number of piperazine rings is 1. The zero-order valence-corrected chi connectivity index (χ0v) is 20.1. The number of rotatable bonds is 8. The molecule has 0 saturated carbocycles. The largest absolute Gasteiger partial charge is 0.352 e. The molecule has 172 valence electrons. The molecule has 33 heavy (non-hydrogen) atoms. The lowest BCUT2D eigenvalue weighted by molar-refractivity contribution is 0.0941. The summed E-state index contributed by atoms with van der Waals surface area (Å²) in [7, 11) is 0. The summed E-state index contributed by atoms with van der Waals surface area (Å²) in [5.41, 5.74) is 3.13. The van der Waals surface area contributed by atoms with Gasteiger partial charge in [-0.1, -0.05) is 83.9 Å². The SMILES string of the molecule is O=C(NCCCN1CCN(C(c2ccccc2)c2ccccc2)CC1)c1ccc(Cl)cc1Cl. The van der Waals surface area contributed by atoms with Crippen molar-refractivity contribution in [2.24, 2.45) is 0 Å². The Morgan fingerprint density at radius 2 is 1.45 bits per heavy atom. The number of carbonyl (C=O) groups excluding carboxylic acids is 1. The van der Waals surface area contributed by atoms with Crippen LogP contribution in [-0.4, -0.2) is 55.0 Å². The Hall–Kier alpha value is -2.37. The van der Waals surface area contributed by atoms with Crippen molar-refractivity contribution in [3.05, 3.63) is 106 Å². The first kappa shape index (κ1) is 23.8. The molecule has 6 heteroatoms. The molecule has 1 saturated heterocycles. The topological polar surface area (TPSA) is 35.6 Å². The van der Waals surface area contributed by atoms with Crippen LogP contribution in [0.1, 0.15) is 33.9 Å². The molecule has 0 aliphatic carbocycles. The van der Waals surface area contributed by atoms with Crippen LogP contribution >= 0.6 is 23.2 Å². The second-order valence-corrected chi connectivity index (χ2v) is 9.18. The monoisotopic (exact) mass is 481 g/mol. The van der Waals surface area contributed by atoms with Crippen molar-refractivity contribution in [2.45, 2.75) is 12.5 Å². The van der Waals surface area contributed by atoms with Gasteiger partial charge in [-0.15, -0.1) is 0 Å². The van der Waals surface area contributed by atoms with Crippen LogP contribution < -0.4 is 5.32 Å². The van der Waals surface area contributed by atoms with Crippen LogP contribution in [0.15, 0.2) is 78.9 Å². The van der Waals surface area contributed by atoms with E-state index in [1.54, 1.807) is 18.2 Å². The maximum absolute atomic E-state index is 12.4. The maximum atomic E-state index is 12.4. The summed E-state index contributed by atoms with van der Waals surface area (Å²) in [5, 5.41) is 3.87. The molecule has 0 aromatic heterocycles. The van der Waals surface area contributed by atoms with Crippen LogP contribution in [0.4, 0.5) is 0 Å². The molecule has 0 radical (unpaired) electrons. The Balaban J connectivity index is 1.26. The molecule has 1 aliphatic rings.